The molecule has 0 unspecified atom stereocenters. The van der Waals surface area contributed by atoms with Gasteiger partial charge in [-0.15, -0.1) is 0 Å². The first-order valence-corrected chi connectivity index (χ1v) is 12.2. The Morgan fingerprint density at radius 1 is 0.763 bits per heavy atom. The van der Waals surface area contributed by atoms with Gasteiger partial charge in [-0.1, -0.05) is 48.5 Å². The number of amides is 4. The molecular formula is C30H29FN4O3. The van der Waals surface area contributed by atoms with Crippen LogP contribution in [-0.2, 0) is 0 Å². The number of nitrogens with one attached hydrogen (secondary N) is 3. The number of ether oxygens (including phenoxy) is 1. The first-order valence-electron chi connectivity index (χ1n) is 12.2. The SMILES string of the molecule is Cc1cccc(C)c1NC(=O)NCCN(C(=O)Nc1ccccc1F)c1ccc(Oc2ccccc2)cc1. The fraction of sp³-hybridized carbons (Fsp3) is 0.133. The smallest absolute Gasteiger partial charge is 0.326 e. The molecule has 0 fully saturated rings. The molecule has 0 aliphatic heterocycles. The summed E-state index contributed by atoms with van der Waals surface area (Å²) in [7, 11) is 0. The third kappa shape index (κ3) is 6.88. The van der Waals surface area contributed by atoms with Gasteiger partial charge < -0.3 is 20.7 Å². The largest absolute Gasteiger partial charge is 0.457 e. The van der Waals surface area contributed by atoms with Gasteiger partial charge >= 0.3 is 12.1 Å². The lowest BCUT2D eigenvalue weighted by molar-refractivity contribution is 0.250. The average Bonchev–Trinajstić information content (AvgIpc) is 2.91. The molecule has 0 heterocycles. The predicted octanol–water partition coefficient (Wildman–Crippen LogP) is 7.10. The van der Waals surface area contributed by atoms with Crippen LogP contribution in [0.3, 0.4) is 0 Å². The molecule has 4 aromatic carbocycles. The van der Waals surface area contributed by atoms with Gasteiger partial charge in [0.1, 0.15) is 17.3 Å². The summed E-state index contributed by atoms with van der Waals surface area (Å²) in [5.41, 5.74) is 3.25. The molecule has 0 aliphatic rings. The summed E-state index contributed by atoms with van der Waals surface area (Å²) in [6.07, 6.45) is 0. The molecule has 0 aliphatic carbocycles. The van der Waals surface area contributed by atoms with E-state index >= 15 is 0 Å². The van der Waals surface area contributed by atoms with E-state index in [0.717, 1.165) is 16.8 Å². The number of hydrogen-bond donors (Lipinski definition) is 3. The van der Waals surface area contributed by atoms with Gasteiger partial charge in [-0.05, 0) is 73.5 Å². The van der Waals surface area contributed by atoms with Crippen molar-refractivity contribution in [1.29, 1.82) is 0 Å². The van der Waals surface area contributed by atoms with Crippen LogP contribution in [0.15, 0.2) is 97.1 Å². The Labute approximate surface area is 221 Å². The van der Waals surface area contributed by atoms with Crippen LogP contribution in [0.25, 0.3) is 0 Å². The summed E-state index contributed by atoms with van der Waals surface area (Å²) in [5.74, 6) is 0.743. The van der Waals surface area contributed by atoms with Gasteiger partial charge in [-0.3, -0.25) is 4.90 Å². The van der Waals surface area contributed by atoms with E-state index in [1.54, 1.807) is 36.4 Å². The number of halogens is 1. The first-order chi connectivity index (χ1) is 18.4. The van der Waals surface area contributed by atoms with Crippen molar-refractivity contribution in [2.45, 2.75) is 13.8 Å². The summed E-state index contributed by atoms with van der Waals surface area (Å²) in [5, 5.41) is 8.26. The first kappa shape index (κ1) is 26.2. The summed E-state index contributed by atoms with van der Waals surface area (Å²) < 4.78 is 20.0. The van der Waals surface area contributed by atoms with Crippen LogP contribution in [0.5, 0.6) is 11.5 Å². The Bertz CT molecular complexity index is 1370. The number of urea groups is 2. The molecule has 194 valence electrons. The van der Waals surface area contributed by atoms with E-state index in [1.165, 1.54) is 17.0 Å². The Morgan fingerprint density at radius 3 is 2.08 bits per heavy atom. The molecule has 0 atom stereocenters. The maximum Gasteiger partial charge on any atom is 0.326 e. The normalized spacial score (nSPS) is 10.4. The monoisotopic (exact) mass is 512 g/mol. The zero-order chi connectivity index (χ0) is 26.9. The second-order valence-electron chi connectivity index (χ2n) is 8.62. The standard InChI is InChI=1S/C30H29FN4O3/c1-21-9-8-10-22(2)28(21)34-29(36)32-19-20-35(30(37)33-27-14-7-6-13-26(27)31)23-15-17-25(18-16-23)38-24-11-4-3-5-12-24/h3-18H,19-20H2,1-2H3,(H,33,37)(H2,32,34,36). The molecule has 0 aromatic heterocycles. The van der Waals surface area contributed by atoms with E-state index in [-0.39, 0.29) is 24.8 Å². The van der Waals surface area contributed by atoms with Gasteiger partial charge in [0.25, 0.3) is 0 Å². The van der Waals surface area contributed by atoms with Gasteiger partial charge in [0.05, 0.1) is 5.69 Å². The molecule has 0 bridgehead atoms. The molecular weight excluding hydrogens is 483 g/mol. The molecule has 0 saturated carbocycles. The fourth-order valence-corrected chi connectivity index (χ4v) is 3.86. The number of carbonyl (C=O) groups is 2. The highest BCUT2D eigenvalue weighted by molar-refractivity contribution is 6.02. The molecule has 4 amide bonds. The van der Waals surface area contributed by atoms with Gasteiger partial charge in [-0.25, -0.2) is 14.0 Å². The van der Waals surface area contributed by atoms with Crippen molar-refractivity contribution < 1.29 is 18.7 Å². The minimum absolute atomic E-state index is 0.0623. The molecule has 7 nitrogen and oxygen atoms in total. The summed E-state index contributed by atoms with van der Waals surface area (Å²) in [6.45, 7) is 4.13. The van der Waals surface area contributed by atoms with Gasteiger partial charge in [-0.2, -0.15) is 0 Å². The number of aryl methyl sites for hydroxylation is 2. The van der Waals surface area contributed by atoms with Crippen LogP contribution in [0.1, 0.15) is 11.1 Å². The van der Waals surface area contributed by atoms with E-state index in [0.29, 0.717) is 17.2 Å². The summed E-state index contributed by atoms with van der Waals surface area (Å²) in [6, 6.07) is 27.1. The van der Waals surface area contributed by atoms with Crippen molar-refractivity contribution in [3.8, 4) is 11.5 Å². The fourth-order valence-electron chi connectivity index (χ4n) is 3.86. The van der Waals surface area contributed by atoms with Crippen molar-refractivity contribution in [1.82, 2.24) is 5.32 Å². The molecule has 38 heavy (non-hydrogen) atoms. The van der Waals surface area contributed by atoms with Crippen LogP contribution in [-0.4, -0.2) is 25.2 Å². The van der Waals surface area contributed by atoms with E-state index in [2.05, 4.69) is 16.0 Å². The molecule has 0 spiro atoms. The number of anilines is 3. The molecule has 0 saturated heterocycles. The molecule has 4 rings (SSSR count). The minimum Gasteiger partial charge on any atom is -0.457 e. The Kier molecular flexibility index (Phi) is 8.56. The van der Waals surface area contributed by atoms with Crippen LogP contribution >= 0.6 is 0 Å². The average molecular weight is 513 g/mol. The number of hydrogen-bond acceptors (Lipinski definition) is 3. The van der Waals surface area contributed by atoms with E-state index in [4.69, 9.17) is 4.74 Å². The molecule has 0 radical (unpaired) electrons. The lowest BCUT2D eigenvalue weighted by atomic mass is 10.1. The Hall–Kier alpha value is -4.85. The third-order valence-corrected chi connectivity index (χ3v) is 5.83. The number of carbonyl (C=O) groups excluding carboxylic acids is 2. The molecule has 8 heteroatoms. The third-order valence-electron chi connectivity index (χ3n) is 5.83. The minimum atomic E-state index is -0.543. The van der Waals surface area contributed by atoms with Crippen LogP contribution in [0, 0.1) is 19.7 Å². The second kappa shape index (κ2) is 12.4. The van der Waals surface area contributed by atoms with Crippen molar-refractivity contribution >= 4 is 29.1 Å². The predicted molar refractivity (Wildman–Crippen MR) is 149 cm³/mol. The number of para-hydroxylation sites is 3. The quantitative estimate of drug-likeness (QED) is 0.236. The van der Waals surface area contributed by atoms with Gasteiger partial charge in [0.15, 0.2) is 0 Å². The number of nitrogens with zero attached hydrogens (tertiary/aromatic N) is 1. The lowest BCUT2D eigenvalue weighted by Crippen LogP contribution is -2.42. The highest BCUT2D eigenvalue weighted by Crippen LogP contribution is 2.25. The van der Waals surface area contributed by atoms with Crippen molar-refractivity contribution in [3.63, 3.8) is 0 Å². The Morgan fingerprint density at radius 2 is 1.39 bits per heavy atom. The number of benzene rings is 4. The zero-order valence-electron chi connectivity index (χ0n) is 21.2. The Balaban J connectivity index is 1.45. The van der Waals surface area contributed by atoms with Gasteiger partial charge in [0.2, 0.25) is 0 Å². The van der Waals surface area contributed by atoms with Gasteiger partial charge in [0, 0.05) is 24.5 Å². The molecule has 4 aromatic rings. The second-order valence-corrected chi connectivity index (χ2v) is 8.62. The van der Waals surface area contributed by atoms with E-state index in [1.807, 2.05) is 62.4 Å². The zero-order valence-corrected chi connectivity index (χ0v) is 21.2. The van der Waals surface area contributed by atoms with E-state index in [9.17, 15) is 14.0 Å². The maximum absolute atomic E-state index is 14.2. The summed E-state index contributed by atoms with van der Waals surface area (Å²) in [4.78, 5) is 27.2. The van der Waals surface area contributed by atoms with Crippen molar-refractivity contribution in [2.24, 2.45) is 0 Å². The van der Waals surface area contributed by atoms with Crippen molar-refractivity contribution in [2.75, 3.05) is 28.6 Å². The highest BCUT2D eigenvalue weighted by atomic mass is 19.1. The number of rotatable bonds is 8. The van der Waals surface area contributed by atoms with Crippen LogP contribution < -0.4 is 25.6 Å². The summed E-state index contributed by atoms with van der Waals surface area (Å²) >= 11 is 0. The maximum atomic E-state index is 14.2. The van der Waals surface area contributed by atoms with Crippen LogP contribution in [0.2, 0.25) is 0 Å². The molecule has 3 N–H and O–H groups in total. The highest BCUT2D eigenvalue weighted by Gasteiger charge is 2.18. The van der Waals surface area contributed by atoms with Crippen LogP contribution in [0.4, 0.5) is 31.0 Å². The van der Waals surface area contributed by atoms with Crippen molar-refractivity contribution in [3.05, 3.63) is 114 Å². The topological polar surface area (TPSA) is 82.7 Å². The van der Waals surface area contributed by atoms with E-state index < -0.39 is 11.8 Å². The lowest BCUT2D eigenvalue weighted by Gasteiger charge is -2.24.